The number of ether oxygens (including phenoxy) is 1. The summed E-state index contributed by atoms with van der Waals surface area (Å²) >= 11 is 0. The SMILES string of the molecule is O=C(COc1cccc2c1CCCC2)NCCc1ccc(F)cc1. The van der Waals surface area contributed by atoms with Gasteiger partial charge in [0.15, 0.2) is 6.61 Å². The van der Waals surface area contributed by atoms with Gasteiger partial charge in [-0.05, 0) is 67.0 Å². The number of benzene rings is 2. The minimum Gasteiger partial charge on any atom is -0.483 e. The normalized spacial score (nSPS) is 13.2. The van der Waals surface area contributed by atoms with Crippen LogP contribution in [-0.4, -0.2) is 19.1 Å². The average molecular weight is 327 g/mol. The number of amides is 1. The van der Waals surface area contributed by atoms with Gasteiger partial charge in [-0.15, -0.1) is 0 Å². The third-order valence-corrected chi connectivity index (χ3v) is 4.36. The number of rotatable bonds is 6. The summed E-state index contributed by atoms with van der Waals surface area (Å²) in [5.74, 6) is 0.453. The summed E-state index contributed by atoms with van der Waals surface area (Å²) in [6.07, 6.45) is 5.19. The van der Waals surface area contributed by atoms with Gasteiger partial charge in [0, 0.05) is 6.54 Å². The van der Waals surface area contributed by atoms with Crippen molar-refractivity contribution in [3.63, 3.8) is 0 Å². The van der Waals surface area contributed by atoms with Crippen molar-refractivity contribution in [2.24, 2.45) is 0 Å². The van der Waals surface area contributed by atoms with E-state index in [0.717, 1.165) is 24.2 Å². The molecule has 0 unspecified atom stereocenters. The van der Waals surface area contributed by atoms with Crippen LogP contribution in [0.15, 0.2) is 42.5 Å². The summed E-state index contributed by atoms with van der Waals surface area (Å²) in [4.78, 5) is 11.9. The van der Waals surface area contributed by atoms with E-state index < -0.39 is 0 Å². The van der Waals surface area contributed by atoms with E-state index in [-0.39, 0.29) is 18.3 Å². The molecule has 0 heterocycles. The maximum atomic E-state index is 12.8. The van der Waals surface area contributed by atoms with Gasteiger partial charge in [-0.25, -0.2) is 4.39 Å². The Balaban J connectivity index is 1.45. The van der Waals surface area contributed by atoms with Crippen LogP contribution in [0.1, 0.15) is 29.5 Å². The highest BCUT2D eigenvalue weighted by Crippen LogP contribution is 2.29. The molecule has 0 aromatic heterocycles. The standard InChI is InChI=1S/C20H22FNO2/c21-17-10-8-15(9-11-17)12-13-22-20(23)14-24-19-7-3-5-16-4-1-2-6-18(16)19/h3,5,7-11H,1-2,4,6,12-14H2,(H,22,23). The molecule has 2 aromatic rings. The van der Waals surface area contributed by atoms with Crippen molar-refractivity contribution in [1.29, 1.82) is 0 Å². The second-order valence-electron chi connectivity index (χ2n) is 6.12. The molecule has 0 atom stereocenters. The summed E-state index contributed by atoms with van der Waals surface area (Å²) in [6, 6.07) is 12.4. The van der Waals surface area contributed by atoms with Gasteiger partial charge in [0.25, 0.3) is 5.91 Å². The maximum Gasteiger partial charge on any atom is 0.257 e. The van der Waals surface area contributed by atoms with Gasteiger partial charge in [-0.2, -0.15) is 0 Å². The number of carbonyl (C=O) groups is 1. The van der Waals surface area contributed by atoms with E-state index >= 15 is 0 Å². The van der Waals surface area contributed by atoms with Crippen LogP contribution in [-0.2, 0) is 24.1 Å². The Bertz CT molecular complexity index is 697. The molecule has 0 spiro atoms. The van der Waals surface area contributed by atoms with Crippen LogP contribution < -0.4 is 10.1 Å². The predicted molar refractivity (Wildman–Crippen MR) is 91.7 cm³/mol. The summed E-state index contributed by atoms with van der Waals surface area (Å²) in [7, 11) is 0. The lowest BCUT2D eigenvalue weighted by atomic mass is 9.91. The molecule has 0 bridgehead atoms. The van der Waals surface area contributed by atoms with Crippen LogP contribution in [0, 0.1) is 5.82 Å². The van der Waals surface area contributed by atoms with Crippen molar-refractivity contribution in [3.8, 4) is 5.75 Å². The Labute approximate surface area is 141 Å². The highest BCUT2D eigenvalue weighted by Gasteiger charge is 2.14. The summed E-state index contributed by atoms with van der Waals surface area (Å²) in [5.41, 5.74) is 3.59. The molecule has 24 heavy (non-hydrogen) atoms. The van der Waals surface area contributed by atoms with E-state index in [4.69, 9.17) is 4.74 Å². The molecule has 1 amide bonds. The molecule has 4 heteroatoms. The van der Waals surface area contributed by atoms with Crippen LogP contribution in [0.3, 0.4) is 0 Å². The smallest absolute Gasteiger partial charge is 0.257 e. The fourth-order valence-electron chi connectivity index (χ4n) is 3.07. The van der Waals surface area contributed by atoms with Crippen LogP contribution in [0.25, 0.3) is 0 Å². The fraction of sp³-hybridized carbons (Fsp3) is 0.350. The first-order valence-electron chi connectivity index (χ1n) is 8.47. The molecule has 0 saturated heterocycles. The average Bonchev–Trinajstić information content (AvgIpc) is 2.61. The number of nitrogens with one attached hydrogen (secondary N) is 1. The topological polar surface area (TPSA) is 38.3 Å². The van der Waals surface area contributed by atoms with Crippen LogP contribution in [0.4, 0.5) is 4.39 Å². The van der Waals surface area contributed by atoms with Gasteiger partial charge in [-0.3, -0.25) is 4.79 Å². The summed E-state index contributed by atoms with van der Waals surface area (Å²) < 4.78 is 18.6. The minimum atomic E-state index is -0.248. The van der Waals surface area contributed by atoms with Gasteiger partial charge in [0.1, 0.15) is 11.6 Å². The summed E-state index contributed by atoms with van der Waals surface area (Å²) in [5, 5.41) is 2.84. The Kier molecular flexibility index (Phi) is 5.47. The molecule has 1 aliphatic carbocycles. The lowest BCUT2D eigenvalue weighted by Crippen LogP contribution is -2.30. The number of halogens is 1. The minimum absolute atomic E-state index is 0.0276. The molecular formula is C20H22FNO2. The van der Waals surface area contributed by atoms with E-state index in [9.17, 15) is 9.18 Å². The number of hydrogen-bond donors (Lipinski definition) is 1. The number of fused-ring (bicyclic) bond motifs is 1. The van der Waals surface area contributed by atoms with Crippen molar-refractivity contribution in [2.75, 3.05) is 13.2 Å². The third-order valence-electron chi connectivity index (χ3n) is 4.36. The first-order chi connectivity index (χ1) is 11.7. The van der Waals surface area contributed by atoms with Crippen LogP contribution in [0.5, 0.6) is 5.75 Å². The van der Waals surface area contributed by atoms with Gasteiger partial charge in [-0.1, -0.05) is 24.3 Å². The van der Waals surface area contributed by atoms with Gasteiger partial charge in [0.2, 0.25) is 0 Å². The fourth-order valence-corrected chi connectivity index (χ4v) is 3.07. The quantitative estimate of drug-likeness (QED) is 0.882. The Morgan fingerprint density at radius 3 is 2.71 bits per heavy atom. The highest BCUT2D eigenvalue weighted by molar-refractivity contribution is 5.77. The summed E-state index contributed by atoms with van der Waals surface area (Å²) in [6.45, 7) is 0.542. The van der Waals surface area contributed by atoms with Gasteiger partial charge >= 0.3 is 0 Å². The molecule has 126 valence electrons. The zero-order valence-electron chi connectivity index (χ0n) is 13.7. The number of hydrogen-bond acceptors (Lipinski definition) is 2. The first kappa shape index (κ1) is 16.5. The zero-order valence-corrected chi connectivity index (χ0v) is 13.7. The molecule has 1 aliphatic rings. The lowest BCUT2D eigenvalue weighted by Gasteiger charge is -2.19. The molecule has 0 aliphatic heterocycles. The van der Waals surface area contributed by atoms with E-state index in [1.165, 1.54) is 36.1 Å². The van der Waals surface area contributed by atoms with Crippen LogP contribution in [0.2, 0.25) is 0 Å². The predicted octanol–water partition coefficient (Wildman–Crippen LogP) is 3.44. The van der Waals surface area contributed by atoms with Gasteiger partial charge < -0.3 is 10.1 Å². The lowest BCUT2D eigenvalue weighted by molar-refractivity contribution is -0.123. The molecule has 2 aromatic carbocycles. The molecule has 3 rings (SSSR count). The zero-order chi connectivity index (χ0) is 16.8. The Hall–Kier alpha value is -2.36. The number of carbonyl (C=O) groups excluding carboxylic acids is 1. The Morgan fingerprint density at radius 1 is 1.08 bits per heavy atom. The monoisotopic (exact) mass is 327 g/mol. The van der Waals surface area contributed by atoms with E-state index in [0.29, 0.717) is 13.0 Å². The van der Waals surface area contributed by atoms with Crippen molar-refractivity contribution < 1.29 is 13.9 Å². The maximum absolute atomic E-state index is 12.8. The van der Waals surface area contributed by atoms with E-state index in [1.807, 2.05) is 12.1 Å². The van der Waals surface area contributed by atoms with E-state index in [2.05, 4.69) is 11.4 Å². The molecule has 1 N–H and O–H groups in total. The largest absolute Gasteiger partial charge is 0.483 e. The molecule has 0 fully saturated rings. The third kappa shape index (κ3) is 4.34. The highest BCUT2D eigenvalue weighted by atomic mass is 19.1. The van der Waals surface area contributed by atoms with Crippen molar-refractivity contribution >= 4 is 5.91 Å². The van der Waals surface area contributed by atoms with Crippen molar-refractivity contribution in [1.82, 2.24) is 5.32 Å². The van der Waals surface area contributed by atoms with E-state index in [1.54, 1.807) is 12.1 Å². The Morgan fingerprint density at radius 2 is 1.88 bits per heavy atom. The van der Waals surface area contributed by atoms with Crippen molar-refractivity contribution in [2.45, 2.75) is 32.1 Å². The second-order valence-corrected chi connectivity index (χ2v) is 6.12. The van der Waals surface area contributed by atoms with Crippen molar-refractivity contribution in [3.05, 3.63) is 65.0 Å². The molecule has 0 saturated carbocycles. The molecule has 3 nitrogen and oxygen atoms in total. The van der Waals surface area contributed by atoms with Crippen LogP contribution >= 0.6 is 0 Å². The molecule has 0 radical (unpaired) electrons. The molecular weight excluding hydrogens is 305 g/mol. The first-order valence-corrected chi connectivity index (χ1v) is 8.47. The van der Waals surface area contributed by atoms with Gasteiger partial charge in [0.05, 0.1) is 0 Å². The number of aryl methyl sites for hydroxylation is 1. The second kappa shape index (κ2) is 7.95.